The molecule has 0 amide bonds. The summed E-state index contributed by atoms with van der Waals surface area (Å²) in [6.45, 7) is 8.29. The Kier molecular flexibility index (Phi) is 9.13. The number of rotatable bonds is 12. The molecule has 0 aliphatic rings. The Hall–Kier alpha value is -2.65. The van der Waals surface area contributed by atoms with Crippen molar-refractivity contribution >= 4 is 11.6 Å². The van der Waals surface area contributed by atoms with Crippen LogP contribution in [0.5, 0.6) is 11.5 Å². The number of benzene rings is 2. The van der Waals surface area contributed by atoms with Crippen LogP contribution in [0.1, 0.15) is 41.9 Å². The normalized spacial score (nSPS) is 13.5. The smallest absolute Gasteiger partial charge is 0.122 e. The number of aryl methyl sites for hydroxylation is 2. The highest BCUT2D eigenvalue weighted by Gasteiger charge is 2.24. The number of halogens is 1. The molecular weight excluding hydrogens is 470 g/mol. The summed E-state index contributed by atoms with van der Waals surface area (Å²) in [5, 5.41) is 37.3. The Morgan fingerprint density at radius 3 is 2.26 bits per heavy atom. The van der Waals surface area contributed by atoms with Gasteiger partial charge in [0.05, 0.1) is 30.4 Å². The van der Waals surface area contributed by atoms with Crippen LogP contribution in [-0.2, 0) is 18.6 Å². The minimum Gasteiger partial charge on any atom is -0.491 e. The van der Waals surface area contributed by atoms with Crippen LogP contribution in [-0.4, -0.2) is 61.6 Å². The van der Waals surface area contributed by atoms with E-state index in [1.807, 2.05) is 43.3 Å². The van der Waals surface area contributed by atoms with Crippen molar-refractivity contribution in [3.63, 3.8) is 0 Å². The Morgan fingerprint density at radius 1 is 0.971 bits per heavy atom. The van der Waals surface area contributed by atoms with Gasteiger partial charge in [0.15, 0.2) is 0 Å². The van der Waals surface area contributed by atoms with Crippen molar-refractivity contribution in [2.75, 3.05) is 19.1 Å². The van der Waals surface area contributed by atoms with Gasteiger partial charge in [0, 0.05) is 5.41 Å². The molecule has 0 bridgehead atoms. The van der Waals surface area contributed by atoms with Gasteiger partial charge in [-0.1, -0.05) is 43.3 Å². The minimum absolute atomic E-state index is 0.0889. The predicted octanol–water partition coefficient (Wildman–Crippen LogP) is 3.13. The minimum atomic E-state index is -0.799. The molecule has 190 valence electrons. The lowest BCUT2D eigenvalue weighted by Gasteiger charge is -2.27. The molecule has 9 heteroatoms. The van der Waals surface area contributed by atoms with Crippen molar-refractivity contribution < 1.29 is 24.8 Å². The van der Waals surface area contributed by atoms with Crippen molar-refractivity contribution in [1.29, 1.82) is 0 Å². The van der Waals surface area contributed by atoms with Gasteiger partial charge in [0.2, 0.25) is 0 Å². The van der Waals surface area contributed by atoms with Crippen molar-refractivity contribution in [1.82, 2.24) is 15.0 Å². The maximum absolute atomic E-state index is 10.3. The molecule has 2 aromatic carbocycles. The van der Waals surface area contributed by atoms with Gasteiger partial charge in [-0.2, -0.15) is 0 Å². The number of hydrogen-bond donors (Lipinski definition) is 3. The average molecular weight is 504 g/mol. The summed E-state index contributed by atoms with van der Waals surface area (Å²) >= 11 is 5.64. The summed E-state index contributed by atoms with van der Waals surface area (Å²) in [5.41, 5.74) is 4.19. The zero-order valence-electron chi connectivity index (χ0n) is 20.6. The van der Waals surface area contributed by atoms with Crippen molar-refractivity contribution in [3.8, 4) is 11.5 Å². The van der Waals surface area contributed by atoms with Gasteiger partial charge in [-0.15, -0.1) is 16.7 Å². The fourth-order valence-corrected chi connectivity index (χ4v) is 3.86. The highest BCUT2D eigenvalue weighted by atomic mass is 35.5. The first-order valence-corrected chi connectivity index (χ1v) is 12.1. The van der Waals surface area contributed by atoms with Crippen LogP contribution in [0.15, 0.2) is 42.5 Å². The molecule has 0 aliphatic heterocycles. The summed E-state index contributed by atoms with van der Waals surface area (Å²) in [4.78, 5) is 0. The van der Waals surface area contributed by atoms with Gasteiger partial charge in [-0.05, 0) is 48.7 Å². The first kappa shape index (κ1) is 26.9. The molecule has 0 saturated heterocycles. The third-order valence-corrected chi connectivity index (χ3v) is 6.45. The summed E-state index contributed by atoms with van der Waals surface area (Å²) in [6.07, 6.45) is -1.49. The van der Waals surface area contributed by atoms with Crippen molar-refractivity contribution in [2.24, 2.45) is 0 Å². The summed E-state index contributed by atoms with van der Waals surface area (Å²) in [5.74, 6) is 1.51. The molecule has 1 heterocycles. The summed E-state index contributed by atoms with van der Waals surface area (Å²) in [6, 6.07) is 13.9. The molecule has 0 fully saturated rings. The van der Waals surface area contributed by atoms with Gasteiger partial charge in [-0.25, -0.2) is 4.68 Å². The third kappa shape index (κ3) is 6.73. The molecule has 8 nitrogen and oxygen atoms in total. The van der Waals surface area contributed by atoms with Crippen LogP contribution in [0.2, 0.25) is 0 Å². The van der Waals surface area contributed by atoms with E-state index in [-0.39, 0.29) is 37.7 Å². The zero-order valence-corrected chi connectivity index (χ0v) is 21.4. The van der Waals surface area contributed by atoms with Crippen LogP contribution in [0.4, 0.5) is 0 Å². The number of nitrogens with zero attached hydrogens (tertiary/aromatic N) is 3. The summed E-state index contributed by atoms with van der Waals surface area (Å²) in [7, 11) is 0. The van der Waals surface area contributed by atoms with Crippen LogP contribution >= 0.6 is 11.6 Å². The van der Waals surface area contributed by atoms with E-state index in [0.717, 1.165) is 22.4 Å². The average Bonchev–Trinajstić information content (AvgIpc) is 3.20. The second kappa shape index (κ2) is 11.9. The number of hydrogen-bond acceptors (Lipinski definition) is 7. The summed E-state index contributed by atoms with van der Waals surface area (Å²) < 4.78 is 12.9. The molecule has 0 saturated carbocycles. The Bertz CT molecular complexity index is 1100. The van der Waals surface area contributed by atoms with E-state index in [0.29, 0.717) is 17.1 Å². The second-order valence-corrected chi connectivity index (χ2v) is 9.48. The van der Waals surface area contributed by atoms with E-state index in [2.05, 4.69) is 30.2 Å². The lowest BCUT2D eigenvalue weighted by Crippen LogP contribution is -2.25. The number of alkyl halides is 1. The highest BCUT2D eigenvalue weighted by Crippen LogP contribution is 2.34. The zero-order chi connectivity index (χ0) is 25.6. The lowest BCUT2D eigenvalue weighted by molar-refractivity contribution is 0.0866. The Labute approximate surface area is 211 Å². The quantitative estimate of drug-likeness (QED) is 0.326. The van der Waals surface area contributed by atoms with Crippen molar-refractivity contribution in [2.45, 2.75) is 58.5 Å². The van der Waals surface area contributed by atoms with E-state index in [9.17, 15) is 15.3 Å². The Morgan fingerprint density at radius 2 is 1.63 bits per heavy atom. The van der Waals surface area contributed by atoms with Crippen LogP contribution < -0.4 is 9.47 Å². The first-order valence-electron chi connectivity index (χ1n) is 11.5. The third-order valence-electron chi connectivity index (χ3n) is 6.09. The van der Waals surface area contributed by atoms with E-state index in [1.54, 1.807) is 6.92 Å². The van der Waals surface area contributed by atoms with Crippen LogP contribution in [0, 0.1) is 13.8 Å². The first-order chi connectivity index (χ1) is 16.6. The second-order valence-electron chi connectivity index (χ2n) is 9.18. The molecule has 0 radical (unpaired) electrons. The highest BCUT2D eigenvalue weighted by molar-refractivity contribution is 6.18. The van der Waals surface area contributed by atoms with E-state index < -0.39 is 12.2 Å². The predicted molar refractivity (Wildman–Crippen MR) is 134 cm³/mol. The lowest BCUT2D eigenvalue weighted by atomic mass is 9.77. The fourth-order valence-electron chi connectivity index (χ4n) is 3.77. The molecule has 3 aromatic rings. The van der Waals surface area contributed by atoms with Gasteiger partial charge < -0.3 is 24.8 Å². The number of aromatic nitrogens is 3. The maximum Gasteiger partial charge on any atom is 0.122 e. The van der Waals surface area contributed by atoms with Gasteiger partial charge in [0.1, 0.15) is 36.9 Å². The number of aliphatic hydroxyl groups excluding tert-OH is 3. The molecule has 2 atom stereocenters. The van der Waals surface area contributed by atoms with Crippen LogP contribution in [0.3, 0.4) is 0 Å². The molecular formula is C26H34ClN3O5. The topological polar surface area (TPSA) is 110 Å². The largest absolute Gasteiger partial charge is 0.491 e. The number of aliphatic hydroxyl groups is 3. The molecule has 3 N–H and O–H groups in total. The van der Waals surface area contributed by atoms with E-state index >= 15 is 0 Å². The van der Waals surface area contributed by atoms with Crippen LogP contribution in [0.25, 0.3) is 0 Å². The molecule has 35 heavy (non-hydrogen) atoms. The standard InChI is InChI=1S/C26H34ClN3O5/c1-17-11-20(7-10-25(17)35-15-21(32)12-27)26(3,4)19-5-8-23(9-6-19)34-16-22(33)13-30-24(14-31)18(2)28-29-30/h5-11,21-22,31-33H,12-16H2,1-4H3/t21-,22-/m1/s1. The van der Waals surface area contributed by atoms with Gasteiger partial charge in [0.25, 0.3) is 0 Å². The monoisotopic (exact) mass is 503 g/mol. The molecule has 0 spiro atoms. The number of ether oxygens (including phenoxy) is 2. The van der Waals surface area contributed by atoms with E-state index in [4.69, 9.17) is 21.1 Å². The van der Waals surface area contributed by atoms with Gasteiger partial charge >= 0.3 is 0 Å². The van der Waals surface area contributed by atoms with Gasteiger partial charge in [-0.3, -0.25) is 0 Å². The van der Waals surface area contributed by atoms with E-state index in [1.165, 1.54) is 4.68 Å². The SMILES string of the molecule is Cc1cc(C(C)(C)c2ccc(OC[C@H](O)Cn3nnc(C)c3CO)cc2)ccc1OC[C@H](O)CCl. The molecule has 0 unspecified atom stereocenters. The Balaban J connectivity index is 1.61. The maximum atomic E-state index is 10.3. The molecule has 1 aromatic heterocycles. The molecule has 0 aliphatic carbocycles. The molecule has 3 rings (SSSR count). The fraction of sp³-hybridized carbons (Fsp3) is 0.462. The van der Waals surface area contributed by atoms with Crippen molar-refractivity contribution in [3.05, 3.63) is 70.5 Å².